The van der Waals surface area contributed by atoms with Crippen LogP contribution in [-0.2, 0) is 16.4 Å². The maximum absolute atomic E-state index is 11.9. The van der Waals surface area contributed by atoms with Gasteiger partial charge in [-0.1, -0.05) is 23.7 Å². The van der Waals surface area contributed by atoms with E-state index in [1.54, 1.807) is 12.1 Å². The van der Waals surface area contributed by atoms with E-state index < -0.39 is 9.84 Å². The lowest BCUT2D eigenvalue weighted by Gasteiger charge is -2.28. The highest BCUT2D eigenvalue weighted by Gasteiger charge is 2.28. The van der Waals surface area contributed by atoms with Crippen LogP contribution in [0.25, 0.3) is 0 Å². The van der Waals surface area contributed by atoms with Crippen LogP contribution in [0.1, 0.15) is 31.2 Å². The van der Waals surface area contributed by atoms with Crippen molar-refractivity contribution in [2.24, 2.45) is 0 Å². The SMILES string of the molecule is CS(=O)(=O)C1CCC(NC(=O)NCc2ccc(Cl)cc2)CC1. The first-order valence-electron chi connectivity index (χ1n) is 7.32. The minimum Gasteiger partial charge on any atom is -0.335 e. The van der Waals surface area contributed by atoms with Gasteiger partial charge in [-0.25, -0.2) is 13.2 Å². The molecule has 2 amide bonds. The molecule has 1 fully saturated rings. The Morgan fingerprint density at radius 2 is 1.77 bits per heavy atom. The van der Waals surface area contributed by atoms with Crippen LogP contribution >= 0.6 is 11.6 Å². The summed E-state index contributed by atoms with van der Waals surface area (Å²) in [5, 5.41) is 6.10. The van der Waals surface area contributed by atoms with Crippen molar-refractivity contribution < 1.29 is 13.2 Å². The van der Waals surface area contributed by atoms with Crippen LogP contribution in [0.4, 0.5) is 4.79 Å². The van der Waals surface area contributed by atoms with Crippen molar-refractivity contribution in [3.63, 3.8) is 0 Å². The second-order valence-electron chi connectivity index (χ2n) is 5.76. The minimum absolute atomic E-state index is 0.0446. The van der Waals surface area contributed by atoms with E-state index in [9.17, 15) is 13.2 Å². The molecule has 1 saturated carbocycles. The highest BCUT2D eigenvalue weighted by atomic mass is 35.5. The molecule has 0 aliphatic heterocycles. The molecule has 1 aliphatic carbocycles. The van der Waals surface area contributed by atoms with E-state index >= 15 is 0 Å². The summed E-state index contributed by atoms with van der Waals surface area (Å²) in [6.07, 6.45) is 3.91. The van der Waals surface area contributed by atoms with Crippen LogP contribution in [0.5, 0.6) is 0 Å². The minimum atomic E-state index is -2.97. The third kappa shape index (κ3) is 5.18. The van der Waals surface area contributed by atoms with E-state index in [2.05, 4.69) is 10.6 Å². The van der Waals surface area contributed by atoms with E-state index in [0.29, 0.717) is 37.3 Å². The summed E-state index contributed by atoms with van der Waals surface area (Å²) in [6.45, 7) is 0.432. The molecule has 0 radical (unpaired) electrons. The maximum atomic E-state index is 11.9. The lowest BCUT2D eigenvalue weighted by atomic mass is 9.95. The lowest BCUT2D eigenvalue weighted by molar-refractivity contribution is 0.232. The summed E-state index contributed by atoms with van der Waals surface area (Å²) >= 11 is 5.80. The first-order valence-corrected chi connectivity index (χ1v) is 9.65. The van der Waals surface area contributed by atoms with Crippen molar-refractivity contribution in [3.05, 3.63) is 34.9 Å². The normalized spacial score (nSPS) is 22.1. The molecule has 0 unspecified atom stereocenters. The zero-order chi connectivity index (χ0) is 16.2. The monoisotopic (exact) mass is 344 g/mol. The highest BCUT2D eigenvalue weighted by molar-refractivity contribution is 7.91. The van der Waals surface area contributed by atoms with E-state index in [0.717, 1.165) is 5.56 Å². The number of hydrogen-bond donors (Lipinski definition) is 2. The van der Waals surface area contributed by atoms with Crippen molar-refractivity contribution in [3.8, 4) is 0 Å². The molecule has 1 aromatic rings. The largest absolute Gasteiger partial charge is 0.335 e. The number of sulfone groups is 1. The van der Waals surface area contributed by atoms with Gasteiger partial charge in [0.05, 0.1) is 5.25 Å². The Bertz CT molecular complexity index is 608. The smallest absolute Gasteiger partial charge is 0.315 e. The molecule has 0 atom stereocenters. The van der Waals surface area contributed by atoms with Crippen LogP contribution in [0.3, 0.4) is 0 Å². The maximum Gasteiger partial charge on any atom is 0.315 e. The number of rotatable bonds is 4. The van der Waals surface area contributed by atoms with Crippen LogP contribution in [0.15, 0.2) is 24.3 Å². The summed E-state index contributed by atoms with van der Waals surface area (Å²) in [6, 6.07) is 7.10. The number of urea groups is 1. The fraction of sp³-hybridized carbons (Fsp3) is 0.533. The van der Waals surface area contributed by atoms with Gasteiger partial charge in [-0.3, -0.25) is 0 Å². The highest BCUT2D eigenvalue weighted by Crippen LogP contribution is 2.23. The Labute approximate surface area is 136 Å². The summed E-state index contributed by atoms with van der Waals surface area (Å²) < 4.78 is 23.0. The first kappa shape index (κ1) is 17.1. The number of carbonyl (C=O) groups excluding carboxylic acids is 1. The van der Waals surface area contributed by atoms with E-state index in [1.807, 2.05) is 12.1 Å². The number of nitrogens with one attached hydrogen (secondary N) is 2. The van der Waals surface area contributed by atoms with Crippen LogP contribution in [0.2, 0.25) is 5.02 Å². The first-order chi connectivity index (χ1) is 10.3. The predicted octanol–water partition coefficient (Wildman–Crippen LogP) is 2.50. The van der Waals surface area contributed by atoms with Gasteiger partial charge < -0.3 is 10.6 Å². The Morgan fingerprint density at radius 3 is 2.32 bits per heavy atom. The molecule has 0 heterocycles. The number of halogens is 1. The van der Waals surface area contributed by atoms with Crippen molar-refractivity contribution in [1.82, 2.24) is 10.6 Å². The Hall–Kier alpha value is -1.27. The van der Waals surface area contributed by atoms with E-state index in [1.165, 1.54) is 6.26 Å². The van der Waals surface area contributed by atoms with Gasteiger partial charge in [-0.05, 0) is 43.4 Å². The molecule has 0 bridgehead atoms. The van der Waals surface area contributed by atoms with Crippen LogP contribution in [0, 0.1) is 0 Å². The summed E-state index contributed by atoms with van der Waals surface area (Å²) in [5.74, 6) is 0. The lowest BCUT2D eigenvalue weighted by Crippen LogP contribution is -2.44. The quantitative estimate of drug-likeness (QED) is 0.881. The topological polar surface area (TPSA) is 75.3 Å². The Balaban J connectivity index is 1.73. The zero-order valence-corrected chi connectivity index (χ0v) is 14.1. The molecule has 0 saturated heterocycles. The third-order valence-electron chi connectivity index (χ3n) is 3.98. The standard InChI is InChI=1S/C15H21ClN2O3S/c1-22(20,21)14-8-6-13(7-9-14)18-15(19)17-10-11-2-4-12(16)5-3-11/h2-5,13-14H,6-10H2,1H3,(H2,17,18,19). The number of hydrogen-bond acceptors (Lipinski definition) is 3. The van der Waals surface area contributed by atoms with Gasteiger partial charge in [0.2, 0.25) is 0 Å². The molecule has 122 valence electrons. The van der Waals surface area contributed by atoms with Crippen LogP contribution in [-0.4, -0.2) is 32.0 Å². The van der Waals surface area contributed by atoms with Crippen molar-refractivity contribution in [1.29, 1.82) is 0 Å². The van der Waals surface area contributed by atoms with E-state index in [4.69, 9.17) is 11.6 Å². The molecule has 1 aromatic carbocycles. The Morgan fingerprint density at radius 1 is 1.18 bits per heavy atom. The molecule has 0 aromatic heterocycles. The number of carbonyl (C=O) groups is 1. The average Bonchev–Trinajstić information content (AvgIpc) is 2.46. The fourth-order valence-corrected chi connectivity index (χ4v) is 3.91. The second-order valence-corrected chi connectivity index (χ2v) is 8.52. The molecule has 2 N–H and O–H groups in total. The fourth-order valence-electron chi connectivity index (χ4n) is 2.66. The molecular weight excluding hydrogens is 324 g/mol. The number of amides is 2. The summed E-state index contributed by atoms with van der Waals surface area (Å²) in [4.78, 5) is 11.9. The van der Waals surface area contributed by atoms with Gasteiger partial charge in [-0.2, -0.15) is 0 Å². The predicted molar refractivity (Wildman–Crippen MR) is 87.7 cm³/mol. The van der Waals surface area contributed by atoms with Crippen molar-refractivity contribution in [2.45, 2.75) is 43.5 Å². The van der Waals surface area contributed by atoms with Crippen molar-refractivity contribution >= 4 is 27.5 Å². The Kier molecular flexibility index (Phi) is 5.69. The van der Waals surface area contributed by atoms with E-state index in [-0.39, 0.29) is 17.3 Å². The van der Waals surface area contributed by atoms with Gasteiger partial charge in [0, 0.05) is 23.9 Å². The summed E-state index contributed by atoms with van der Waals surface area (Å²) in [5.41, 5.74) is 0.973. The van der Waals surface area contributed by atoms with Gasteiger partial charge in [-0.15, -0.1) is 0 Å². The van der Waals surface area contributed by atoms with Crippen molar-refractivity contribution in [2.75, 3.05) is 6.26 Å². The van der Waals surface area contributed by atoms with Gasteiger partial charge >= 0.3 is 6.03 Å². The molecule has 7 heteroatoms. The second kappa shape index (κ2) is 7.33. The summed E-state index contributed by atoms with van der Waals surface area (Å²) in [7, 11) is -2.97. The van der Waals surface area contributed by atoms with Gasteiger partial charge in [0.1, 0.15) is 9.84 Å². The average molecular weight is 345 g/mol. The number of benzene rings is 1. The molecule has 0 spiro atoms. The third-order valence-corrected chi connectivity index (χ3v) is 5.92. The zero-order valence-electron chi connectivity index (χ0n) is 12.5. The van der Waals surface area contributed by atoms with Gasteiger partial charge in [0.25, 0.3) is 0 Å². The molecule has 1 aliphatic rings. The molecular formula is C15H21ClN2O3S. The van der Waals surface area contributed by atoms with Crippen LogP contribution < -0.4 is 10.6 Å². The molecule has 22 heavy (non-hydrogen) atoms. The molecule has 2 rings (SSSR count). The molecule has 5 nitrogen and oxygen atoms in total. The van der Waals surface area contributed by atoms with Gasteiger partial charge in [0.15, 0.2) is 0 Å².